The van der Waals surface area contributed by atoms with Gasteiger partial charge in [-0.2, -0.15) is 0 Å². The van der Waals surface area contributed by atoms with Gasteiger partial charge in [0.25, 0.3) is 5.91 Å². The zero-order valence-corrected chi connectivity index (χ0v) is 9.79. The summed E-state index contributed by atoms with van der Waals surface area (Å²) in [7, 11) is 0. The van der Waals surface area contributed by atoms with Crippen molar-refractivity contribution in [2.45, 2.75) is 0 Å². The van der Waals surface area contributed by atoms with Gasteiger partial charge in [0.05, 0.1) is 5.69 Å². The van der Waals surface area contributed by atoms with E-state index < -0.39 is 17.3 Å². The Kier molecular flexibility index (Phi) is 3.43. The number of aromatic nitrogens is 1. The highest BCUT2D eigenvalue weighted by molar-refractivity contribution is 6.31. The summed E-state index contributed by atoms with van der Waals surface area (Å²) < 4.78 is 13.4. The number of H-pyrrole nitrogens is 1. The van der Waals surface area contributed by atoms with Gasteiger partial charge in [0, 0.05) is 11.1 Å². The molecule has 4 nitrogen and oxygen atoms in total. The van der Waals surface area contributed by atoms with Crippen LogP contribution in [0.2, 0.25) is 5.02 Å². The molecule has 1 aromatic carbocycles. The van der Waals surface area contributed by atoms with Gasteiger partial charge < -0.3 is 10.3 Å². The largest absolute Gasteiger partial charge is 0.318 e. The predicted octanol–water partition coefficient (Wildman–Crippen LogP) is 2.42. The van der Waals surface area contributed by atoms with Gasteiger partial charge in [-0.15, -0.1) is 0 Å². The van der Waals surface area contributed by atoms with E-state index >= 15 is 0 Å². The summed E-state index contributed by atoms with van der Waals surface area (Å²) in [4.78, 5) is 25.1. The van der Waals surface area contributed by atoms with Crippen LogP contribution in [0.5, 0.6) is 0 Å². The summed E-state index contributed by atoms with van der Waals surface area (Å²) >= 11 is 5.70. The van der Waals surface area contributed by atoms with Gasteiger partial charge in [-0.05, 0) is 24.3 Å². The Labute approximate surface area is 106 Å². The number of halogens is 2. The van der Waals surface area contributed by atoms with Crippen molar-refractivity contribution in [1.82, 2.24) is 4.98 Å². The number of aromatic amines is 1. The van der Waals surface area contributed by atoms with Gasteiger partial charge in [-0.3, -0.25) is 9.59 Å². The van der Waals surface area contributed by atoms with Gasteiger partial charge >= 0.3 is 0 Å². The molecule has 0 radical (unpaired) electrons. The van der Waals surface area contributed by atoms with E-state index in [-0.39, 0.29) is 11.4 Å². The first-order valence-electron chi connectivity index (χ1n) is 5.02. The minimum atomic E-state index is -0.617. The fourth-order valence-electron chi connectivity index (χ4n) is 1.36. The van der Waals surface area contributed by atoms with E-state index in [0.29, 0.717) is 5.02 Å². The number of carbonyl (C=O) groups is 1. The van der Waals surface area contributed by atoms with E-state index in [1.807, 2.05) is 0 Å². The molecule has 18 heavy (non-hydrogen) atoms. The molecule has 2 N–H and O–H groups in total. The number of pyridine rings is 1. The van der Waals surface area contributed by atoms with Crippen molar-refractivity contribution >= 4 is 23.2 Å². The van der Waals surface area contributed by atoms with E-state index in [2.05, 4.69) is 10.3 Å². The van der Waals surface area contributed by atoms with Crippen molar-refractivity contribution in [2.24, 2.45) is 0 Å². The molecule has 0 saturated carbocycles. The summed E-state index contributed by atoms with van der Waals surface area (Å²) in [6.07, 6.45) is 0. The molecule has 0 aliphatic rings. The molecule has 92 valence electrons. The fraction of sp³-hybridized carbons (Fsp3) is 0. The zero-order chi connectivity index (χ0) is 13.1. The van der Waals surface area contributed by atoms with Crippen LogP contribution < -0.4 is 10.9 Å². The number of amides is 1. The van der Waals surface area contributed by atoms with E-state index in [1.165, 1.54) is 30.3 Å². The molecule has 1 amide bonds. The summed E-state index contributed by atoms with van der Waals surface area (Å²) in [5.74, 6) is -1.22. The van der Waals surface area contributed by atoms with E-state index in [4.69, 9.17) is 11.6 Å². The molecule has 0 aliphatic heterocycles. The minimum Gasteiger partial charge on any atom is -0.318 e. The second-order valence-electron chi connectivity index (χ2n) is 3.51. The van der Waals surface area contributed by atoms with Crippen molar-refractivity contribution < 1.29 is 9.18 Å². The third-order valence-corrected chi connectivity index (χ3v) is 2.42. The van der Waals surface area contributed by atoms with Crippen LogP contribution in [0.4, 0.5) is 10.1 Å². The molecule has 0 aliphatic carbocycles. The maximum atomic E-state index is 13.4. The second kappa shape index (κ2) is 5.01. The minimum absolute atomic E-state index is 0.0434. The Morgan fingerprint density at radius 1 is 1.28 bits per heavy atom. The molecule has 0 fully saturated rings. The van der Waals surface area contributed by atoms with Crippen LogP contribution in [0.1, 0.15) is 10.5 Å². The smallest absolute Gasteiger partial charge is 0.272 e. The van der Waals surface area contributed by atoms with Crippen molar-refractivity contribution in [1.29, 1.82) is 0 Å². The van der Waals surface area contributed by atoms with Gasteiger partial charge in [-0.1, -0.05) is 17.7 Å². The molecular weight excluding hydrogens is 259 g/mol. The average molecular weight is 267 g/mol. The van der Waals surface area contributed by atoms with Crippen molar-refractivity contribution in [3.05, 3.63) is 63.3 Å². The maximum Gasteiger partial charge on any atom is 0.272 e. The van der Waals surface area contributed by atoms with Crippen molar-refractivity contribution in [3.8, 4) is 0 Å². The highest BCUT2D eigenvalue weighted by atomic mass is 35.5. The van der Waals surface area contributed by atoms with Crippen LogP contribution >= 0.6 is 11.6 Å². The van der Waals surface area contributed by atoms with Crippen LogP contribution in [0.15, 0.2) is 41.2 Å². The monoisotopic (exact) mass is 266 g/mol. The third-order valence-electron chi connectivity index (χ3n) is 2.19. The second-order valence-corrected chi connectivity index (χ2v) is 3.94. The number of hydrogen-bond acceptors (Lipinski definition) is 2. The lowest BCUT2D eigenvalue weighted by Gasteiger charge is -2.06. The number of carbonyl (C=O) groups excluding carboxylic acids is 1. The number of anilines is 1. The standard InChI is InChI=1S/C12H8ClFN2O2/c13-7-4-5-8(14)10(6-7)16-12(18)9-2-1-3-11(17)15-9/h1-6H,(H,15,17)(H,16,18). The number of benzene rings is 1. The molecule has 2 aromatic rings. The molecule has 0 unspecified atom stereocenters. The molecule has 0 atom stereocenters. The normalized spacial score (nSPS) is 10.1. The molecular formula is C12H8ClFN2O2. The van der Waals surface area contributed by atoms with Crippen LogP contribution in [-0.4, -0.2) is 10.9 Å². The van der Waals surface area contributed by atoms with Crippen molar-refractivity contribution in [2.75, 3.05) is 5.32 Å². The topological polar surface area (TPSA) is 62.0 Å². The lowest BCUT2D eigenvalue weighted by Crippen LogP contribution is -2.18. The molecule has 0 spiro atoms. The Morgan fingerprint density at radius 3 is 2.78 bits per heavy atom. The third kappa shape index (κ3) is 2.75. The molecule has 1 aromatic heterocycles. The summed E-state index contributed by atoms with van der Waals surface area (Å²) in [5.41, 5.74) is -0.409. The lowest BCUT2D eigenvalue weighted by molar-refractivity contribution is 0.102. The molecule has 1 heterocycles. The SMILES string of the molecule is O=C(Nc1cc(Cl)ccc1F)c1cccc(=O)[nH]1. The zero-order valence-electron chi connectivity index (χ0n) is 9.04. The number of rotatable bonds is 2. The van der Waals surface area contributed by atoms with Crippen LogP contribution in [-0.2, 0) is 0 Å². The fourth-order valence-corrected chi connectivity index (χ4v) is 1.54. The van der Waals surface area contributed by atoms with E-state index in [9.17, 15) is 14.0 Å². The number of hydrogen-bond donors (Lipinski definition) is 2. The Balaban J connectivity index is 2.26. The summed E-state index contributed by atoms with van der Waals surface area (Å²) in [6, 6.07) is 7.93. The number of nitrogens with one attached hydrogen (secondary N) is 2. The highest BCUT2D eigenvalue weighted by Crippen LogP contribution is 2.19. The molecule has 0 bridgehead atoms. The molecule has 6 heteroatoms. The quantitative estimate of drug-likeness (QED) is 0.877. The summed E-state index contributed by atoms with van der Waals surface area (Å²) in [6.45, 7) is 0. The van der Waals surface area contributed by atoms with Crippen LogP contribution in [0, 0.1) is 5.82 Å². The van der Waals surface area contributed by atoms with Crippen LogP contribution in [0.25, 0.3) is 0 Å². The molecule has 2 rings (SSSR count). The first-order chi connectivity index (χ1) is 8.56. The Bertz CT molecular complexity index is 655. The predicted molar refractivity (Wildman–Crippen MR) is 66.4 cm³/mol. The molecule has 0 saturated heterocycles. The van der Waals surface area contributed by atoms with Crippen LogP contribution in [0.3, 0.4) is 0 Å². The Hall–Kier alpha value is -2.14. The average Bonchev–Trinajstić information content (AvgIpc) is 2.34. The first-order valence-corrected chi connectivity index (χ1v) is 5.40. The van der Waals surface area contributed by atoms with E-state index in [1.54, 1.807) is 0 Å². The van der Waals surface area contributed by atoms with Gasteiger partial charge in [0.2, 0.25) is 5.56 Å². The van der Waals surface area contributed by atoms with Gasteiger partial charge in [0.15, 0.2) is 0 Å². The van der Waals surface area contributed by atoms with E-state index in [0.717, 1.165) is 6.07 Å². The highest BCUT2D eigenvalue weighted by Gasteiger charge is 2.10. The van der Waals surface area contributed by atoms with Gasteiger partial charge in [0.1, 0.15) is 11.5 Å². The van der Waals surface area contributed by atoms with Crippen molar-refractivity contribution in [3.63, 3.8) is 0 Å². The van der Waals surface area contributed by atoms with Gasteiger partial charge in [-0.25, -0.2) is 4.39 Å². The lowest BCUT2D eigenvalue weighted by atomic mass is 10.3. The first kappa shape index (κ1) is 12.3. The Morgan fingerprint density at radius 2 is 2.06 bits per heavy atom. The summed E-state index contributed by atoms with van der Waals surface area (Å²) in [5, 5.41) is 2.63. The maximum absolute atomic E-state index is 13.4.